The molecule has 2 aromatic heterocycles. The van der Waals surface area contributed by atoms with E-state index in [-0.39, 0.29) is 50.0 Å². The van der Waals surface area contributed by atoms with E-state index >= 15 is 0 Å². The summed E-state index contributed by atoms with van der Waals surface area (Å²) in [6.45, 7) is 0. The summed E-state index contributed by atoms with van der Waals surface area (Å²) in [4.78, 5) is 14.2. The highest BCUT2D eigenvalue weighted by Crippen LogP contribution is 2.39. The zero-order chi connectivity index (χ0) is 45.4. The highest BCUT2D eigenvalue weighted by atomic mass is 16.3. The van der Waals surface area contributed by atoms with Crippen molar-refractivity contribution in [2.24, 2.45) is 0 Å². The second kappa shape index (κ2) is 11.0. The van der Waals surface area contributed by atoms with Crippen LogP contribution in [0.15, 0.2) is 168 Å². The van der Waals surface area contributed by atoms with Crippen LogP contribution >= 0.6 is 0 Å². The maximum Gasteiger partial charge on any atom is 0.167 e. The molecule has 0 radical (unpaired) electrons. The van der Waals surface area contributed by atoms with Gasteiger partial charge in [-0.05, 0) is 67.7 Å². The van der Waals surface area contributed by atoms with Gasteiger partial charge in [-0.2, -0.15) is 0 Å². The summed E-state index contributed by atoms with van der Waals surface area (Å²) in [5, 5.41) is -0.607. The van der Waals surface area contributed by atoms with E-state index in [1.54, 1.807) is 42.5 Å². The first-order valence-electron chi connectivity index (χ1n) is 22.7. The summed E-state index contributed by atoms with van der Waals surface area (Å²) in [6, 6.07) is 11.0. The first-order chi connectivity index (χ1) is 30.5. The van der Waals surface area contributed by atoms with Gasteiger partial charge in [-0.25, -0.2) is 15.0 Å². The van der Waals surface area contributed by atoms with Gasteiger partial charge in [0.25, 0.3) is 0 Å². The highest BCUT2D eigenvalue weighted by Gasteiger charge is 2.18. The molecular formula is C45H27N3O. The first kappa shape index (κ1) is 16.4. The average molecular weight is 641 g/mol. The average Bonchev–Trinajstić information content (AvgIpc) is 3.69. The molecule has 228 valence electrons. The zero-order valence-corrected chi connectivity index (χ0v) is 25.2. The van der Waals surface area contributed by atoms with E-state index in [1.807, 2.05) is 30.3 Å². The Morgan fingerprint density at radius 2 is 0.980 bits per heavy atom. The lowest BCUT2D eigenvalue weighted by atomic mass is 9.92. The third kappa shape index (κ3) is 4.49. The molecule has 49 heavy (non-hydrogen) atoms. The van der Waals surface area contributed by atoms with Gasteiger partial charge in [0.05, 0.1) is 26.1 Å². The van der Waals surface area contributed by atoms with Crippen LogP contribution in [0, 0.1) is 0 Å². The maximum atomic E-state index is 9.72. The van der Waals surface area contributed by atoms with Crippen molar-refractivity contribution in [2.45, 2.75) is 0 Å². The monoisotopic (exact) mass is 640 g/mol. The van der Waals surface area contributed by atoms with Crippen molar-refractivity contribution in [3.63, 3.8) is 0 Å². The van der Waals surface area contributed by atoms with E-state index in [2.05, 4.69) is 4.98 Å². The molecule has 10 rings (SSSR count). The van der Waals surface area contributed by atoms with Crippen LogP contribution in [0.1, 0.15) is 20.6 Å². The molecular weight excluding hydrogens is 599 g/mol. The number of hydrogen-bond acceptors (Lipinski definition) is 4. The Morgan fingerprint density at radius 3 is 1.76 bits per heavy atom. The van der Waals surface area contributed by atoms with E-state index in [1.165, 1.54) is 0 Å². The van der Waals surface area contributed by atoms with E-state index < -0.39 is 107 Å². The van der Waals surface area contributed by atoms with Crippen LogP contribution in [-0.2, 0) is 0 Å². The van der Waals surface area contributed by atoms with E-state index in [0.717, 1.165) is 10.8 Å². The molecule has 0 amide bonds. The minimum atomic E-state index is -0.783. The lowest BCUT2D eigenvalue weighted by Crippen LogP contribution is -2.00. The Morgan fingerprint density at radius 1 is 0.388 bits per heavy atom. The lowest BCUT2D eigenvalue weighted by Gasteiger charge is -2.13. The Kier molecular flexibility index (Phi) is 3.68. The molecule has 10 aromatic rings. The van der Waals surface area contributed by atoms with E-state index in [0.29, 0.717) is 22.3 Å². The Bertz CT molecular complexity index is 3700. The summed E-state index contributed by atoms with van der Waals surface area (Å²) < 4.78 is 141. The molecule has 0 aliphatic heterocycles. The largest absolute Gasteiger partial charge is 0.455 e. The number of furan rings is 1. The minimum absolute atomic E-state index is 0.0777. The molecule has 4 heteroatoms. The second-order valence-corrected chi connectivity index (χ2v) is 11.2. The molecule has 0 atom stereocenters. The smallest absolute Gasteiger partial charge is 0.167 e. The predicted molar refractivity (Wildman–Crippen MR) is 201 cm³/mol. The fourth-order valence-electron chi connectivity index (χ4n) is 6.11. The number of para-hydroxylation sites is 2. The molecule has 0 N–H and O–H groups in total. The SMILES string of the molecule is [2H]c1c([2H])c(-c2nc(-c3ccccc3)nc(-c3cccc4c3oc3ccccc34)n2)c([2H])c(-c2c([2H])c([2H])c3c4c([2H])c([2H])c([2H])c([2H])c4c4c([2H])c([2H])c([2H])c([2H])c4c3c2[2H])c1[2H]. The third-order valence-electron chi connectivity index (χ3n) is 8.35. The van der Waals surface area contributed by atoms with Crippen molar-refractivity contribution in [1.82, 2.24) is 15.0 Å². The fraction of sp³-hybridized carbons (Fsp3) is 0. The second-order valence-electron chi connectivity index (χ2n) is 11.2. The van der Waals surface area contributed by atoms with Crippen LogP contribution in [-0.4, -0.2) is 15.0 Å². The number of benzene rings is 8. The van der Waals surface area contributed by atoms with Crippen molar-refractivity contribution in [2.75, 3.05) is 0 Å². The van der Waals surface area contributed by atoms with Crippen molar-refractivity contribution in [1.29, 1.82) is 0 Å². The van der Waals surface area contributed by atoms with Crippen LogP contribution in [0.25, 0.3) is 99.5 Å². The normalized spacial score (nSPS) is 16.0. The van der Waals surface area contributed by atoms with Crippen LogP contribution < -0.4 is 0 Å². The molecule has 8 aromatic carbocycles. The van der Waals surface area contributed by atoms with Gasteiger partial charge in [-0.1, -0.05) is 139 Å². The van der Waals surface area contributed by atoms with Crippen molar-refractivity contribution >= 4 is 54.3 Å². The Balaban J connectivity index is 1.33. The minimum Gasteiger partial charge on any atom is -0.455 e. The van der Waals surface area contributed by atoms with Gasteiger partial charge in [0.15, 0.2) is 17.5 Å². The first-order valence-corrected chi connectivity index (χ1v) is 15.2. The zero-order valence-electron chi connectivity index (χ0n) is 40.2. The van der Waals surface area contributed by atoms with Gasteiger partial charge in [0.1, 0.15) is 11.2 Å². The number of nitrogens with zero attached hydrogens (tertiary/aromatic N) is 3. The molecule has 0 spiro atoms. The quantitative estimate of drug-likeness (QED) is 0.180. The van der Waals surface area contributed by atoms with Crippen molar-refractivity contribution < 1.29 is 25.0 Å². The molecule has 0 aliphatic rings. The Hall–Kier alpha value is -6.65. The van der Waals surface area contributed by atoms with Crippen LogP contribution in [0.5, 0.6) is 0 Å². The van der Waals surface area contributed by atoms with Gasteiger partial charge in [0.2, 0.25) is 0 Å². The maximum absolute atomic E-state index is 9.72. The van der Waals surface area contributed by atoms with E-state index in [4.69, 9.17) is 29.5 Å². The molecule has 0 saturated heterocycles. The topological polar surface area (TPSA) is 51.8 Å². The van der Waals surface area contributed by atoms with Gasteiger partial charge in [-0.3, -0.25) is 0 Å². The molecule has 0 fully saturated rings. The van der Waals surface area contributed by atoms with Gasteiger partial charge < -0.3 is 4.42 Å². The number of fused-ring (bicyclic) bond motifs is 9. The fourth-order valence-corrected chi connectivity index (χ4v) is 6.11. The molecule has 0 unspecified atom stereocenters. The molecule has 0 saturated carbocycles. The molecule has 2 heterocycles. The van der Waals surface area contributed by atoms with Gasteiger partial charge in [-0.15, -0.1) is 0 Å². The van der Waals surface area contributed by atoms with Gasteiger partial charge >= 0.3 is 0 Å². The molecule has 0 bridgehead atoms. The van der Waals surface area contributed by atoms with Crippen LogP contribution in [0.2, 0.25) is 0 Å². The number of hydrogen-bond donors (Lipinski definition) is 0. The summed E-state index contributed by atoms with van der Waals surface area (Å²) in [7, 11) is 0. The summed E-state index contributed by atoms with van der Waals surface area (Å²) >= 11 is 0. The lowest BCUT2D eigenvalue weighted by molar-refractivity contribution is 0.669. The molecule has 4 nitrogen and oxygen atoms in total. The standard InChI is InChI=1S/C45H27N3O/c1-2-12-28(13-3-1)43-46-44(48-45(47-43)39-22-11-21-38-37-20-8-9-23-41(37)49-42(38)39)31-15-10-14-29(26-31)30-24-25-36-34-18-5-4-16-32(34)33-17-6-7-19-35(33)40(36)27-30/h1-27H/i4D,5D,6D,7D,10D,14D,15D,16D,17D,18D,19D,24D,25D,26D,27D. The van der Waals surface area contributed by atoms with E-state index in [9.17, 15) is 5.48 Å². The number of rotatable bonds is 4. The predicted octanol–water partition coefficient (Wildman–Crippen LogP) is 11.9. The van der Waals surface area contributed by atoms with Gasteiger partial charge in [0, 0.05) is 21.9 Å². The Labute approximate surface area is 303 Å². The number of aromatic nitrogens is 3. The van der Waals surface area contributed by atoms with Crippen LogP contribution in [0.4, 0.5) is 0 Å². The summed E-state index contributed by atoms with van der Waals surface area (Å²) in [6.07, 6.45) is 0. The van der Waals surface area contributed by atoms with Crippen molar-refractivity contribution in [3.05, 3.63) is 163 Å². The molecule has 0 aliphatic carbocycles. The van der Waals surface area contributed by atoms with Crippen molar-refractivity contribution in [3.8, 4) is 45.3 Å². The highest BCUT2D eigenvalue weighted by molar-refractivity contribution is 6.25. The van der Waals surface area contributed by atoms with Crippen LogP contribution in [0.3, 0.4) is 0 Å². The third-order valence-corrected chi connectivity index (χ3v) is 8.35. The summed E-state index contributed by atoms with van der Waals surface area (Å²) in [5.41, 5.74) is 0.528. The summed E-state index contributed by atoms with van der Waals surface area (Å²) in [5.74, 6) is -0.0730.